The van der Waals surface area contributed by atoms with Crippen LogP contribution in [0.2, 0.25) is 0 Å². The number of hydrogen-bond acceptors (Lipinski definition) is 5. The molecule has 0 spiro atoms. The van der Waals surface area contributed by atoms with Crippen molar-refractivity contribution >= 4 is 27.9 Å². The smallest absolute Gasteiger partial charge is 0.239 e. The molecule has 3 rings (SSSR count). The van der Waals surface area contributed by atoms with Gasteiger partial charge < -0.3 is 10.2 Å². The number of anilines is 2. The van der Waals surface area contributed by atoms with Crippen LogP contribution in [0.15, 0.2) is 24.3 Å². The fourth-order valence-corrected chi connectivity index (χ4v) is 4.83. The second kappa shape index (κ2) is 9.22. The van der Waals surface area contributed by atoms with Crippen LogP contribution in [0, 0.1) is 11.3 Å². The van der Waals surface area contributed by atoms with Crippen molar-refractivity contribution in [2.24, 2.45) is 0 Å². The SMILES string of the molecule is CCN(CC(=O)Nc1sc2c(c1C#N)CCCC2)Cc1ccc(N(C)C)cc1. The molecule has 28 heavy (non-hydrogen) atoms. The molecule has 2 aromatic rings. The number of carbonyl (C=O) groups is 1. The Morgan fingerprint density at radius 1 is 1.21 bits per heavy atom. The van der Waals surface area contributed by atoms with Crippen molar-refractivity contribution in [3.05, 3.63) is 45.8 Å². The van der Waals surface area contributed by atoms with Gasteiger partial charge in [-0.1, -0.05) is 19.1 Å². The molecule has 1 aliphatic rings. The second-order valence-corrected chi connectivity index (χ2v) is 8.54. The summed E-state index contributed by atoms with van der Waals surface area (Å²) >= 11 is 1.58. The molecular weight excluding hydrogens is 368 g/mol. The molecule has 1 N–H and O–H groups in total. The topological polar surface area (TPSA) is 59.4 Å². The predicted molar refractivity (Wildman–Crippen MR) is 116 cm³/mol. The molecule has 0 saturated heterocycles. The Kier molecular flexibility index (Phi) is 6.71. The van der Waals surface area contributed by atoms with Crippen molar-refractivity contribution in [3.8, 4) is 6.07 Å². The summed E-state index contributed by atoms with van der Waals surface area (Å²) in [6.45, 7) is 3.89. The summed E-state index contributed by atoms with van der Waals surface area (Å²) in [5.41, 5.74) is 4.18. The molecule has 0 saturated carbocycles. The minimum Gasteiger partial charge on any atom is -0.378 e. The monoisotopic (exact) mass is 396 g/mol. The van der Waals surface area contributed by atoms with Gasteiger partial charge in [-0.05, 0) is 55.5 Å². The molecule has 1 aliphatic carbocycles. The first-order valence-corrected chi connectivity index (χ1v) is 10.7. The molecule has 0 bridgehead atoms. The van der Waals surface area contributed by atoms with Gasteiger partial charge in [0.15, 0.2) is 0 Å². The lowest BCUT2D eigenvalue weighted by Gasteiger charge is -2.20. The van der Waals surface area contributed by atoms with Gasteiger partial charge in [0.05, 0.1) is 12.1 Å². The number of hydrogen-bond donors (Lipinski definition) is 1. The number of nitriles is 1. The molecule has 1 aromatic carbocycles. The van der Waals surface area contributed by atoms with E-state index in [2.05, 4.69) is 52.4 Å². The van der Waals surface area contributed by atoms with Crippen LogP contribution < -0.4 is 10.2 Å². The van der Waals surface area contributed by atoms with E-state index in [-0.39, 0.29) is 5.91 Å². The summed E-state index contributed by atoms with van der Waals surface area (Å²) in [6.07, 6.45) is 4.27. The normalized spacial score (nSPS) is 13.1. The molecule has 0 radical (unpaired) electrons. The van der Waals surface area contributed by atoms with Crippen LogP contribution in [0.4, 0.5) is 10.7 Å². The van der Waals surface area contributed by atoms with Gasteiger partial charge in [0.2, 0.25) is 5.91 Å². The molecule has 0 aliphatic heterocycles. The summed E-state index contributed by atoms with van der Waals surface area (Å²) in [5, 5.41) is 13.3. The zero-order chi connectivity index (χ0) is 20.1. The molecule has 0 unspecified atom stereocenters. The Balaban J connectivity index is 1.63. The van der Waals surface area contributed by atoms with Gasteiger partial charge in [0.1, 0.15) is 11.1 Å². The number of amides is 1. The van der Waals surface area contributed by atoms with E-state index in [0.717, 1.165) is 48.6 Å². The average Bonchev–Trinajstić information content (AvgIpc) is 3.04. The quantitative estimate of drug-likeness (QED) is 0.768. The van der Waals surface area contributed by atoms with E-state index >= 15 is 0 Å². The standard InChI is InChI=1S/C22H28N4OS/c1-4-26(14-16-9-11-17(12-10-16)25(2)3)15-21(27)24-22-19(13-23)18-7-5-6-8-20(18)28-22/h9-12H,4-8,14-15H2,1-3H3,(H,24,27). The number of thiophene rings is 1. The zero-order valence-corrected chi connectivity index (χ0v) is 17.7. The van der Waals surface area contributed by atoms with Crippen molar-refractivity contribution in [1.29, 1.82) is 5.26 Å². The van der Waals surface area contributed by atoms with E-state index in [4.69, 9.17) is 0 Å². The van der Waals surface area contributed by atoms with Crippen molar-refractivity contribution in [3.63, 3.8) is 0 Å². The fourth-order valence-electron chi connectivity index (χ4n) is 3.58. The van der Waals surface area contributed by atoms with Gasteiger partial charge in [-0.3, -0.25) is 9.69 Å². The highest BCUT2D eigenvalue weighted by Gasteiger charge is 2.22. The largest absolute Gasteiger partial charge is 0.378 e. The summed E-state index contributed by atoms with van der Waals surface area (Å²) < 4.78 is 0. The number of benzene rings is 1. The number of carbonyl (C=O) groups excluding carboxylic acids is 1. The van der Waals surface area contributed by atoms with Crippen LogP contribution in [-0.4, -0.2) is 38.0 Å². The van der Waals surface area contributed by atoms with Crippen LogP contribution in [0.25, 0.3) is 0 Å². The number of aryl methyl sites for hydroxylation is 1. The van der Waals surface area contributed by atoms with E-state index in [1.54, 1.807) is 11.3 Å². The van der Waals surface area contributed by atoms with E-state index < -0.39 is 0 Å². The first kappa shape index (κ1) is 20.4. The highest BCUT2D eigenvalue weighted by molar-refractivity contribution is 7.16. The number of nitrogens with one attached hydrogen (secondary N) is 1. The average molecular weight is 397 g/mol. The maximum atomic E-state index is 12.6. The van der Waals surface area contributed by atoms with Gasteiger partial charge in [0, 0.05) is 31.2 Å². The second-order valence-electron chi connectivity index (χ2n) is 7.44. The third-order valence-electron chi connectivity index (χ3n) is 5.21. The van der Waals surface area contributed by atoms with Gasteiger partial charge in [0.25, 0.3) is 0 Å². The zero-order valence-electron chi connectivity index (χ0n) is 16.9. The van der Waals surface area contributed by atoms with Crippen LogP contribution in [0.5, 0.6) is 0 Å². The summed E-state index contributed by atoms with van der Waals surface area (Å²) in [4.78, 5) is 18.1. The third-order valence-corrected chi connectivity index (χ3v) is 6.42. The minimum absolute atomic E-state index is 0.0538. The highest BCUT2D eigenvalue weighted by Crippen LogP contribution is 2.37. The van der Waals surface area contributed by atoms with Crippen molar-refractivity contribution in [2.45, 2.75) is 39.2 Å². The number of likely N-dealkylation sites (N-methyl/N-ethyl adjacent to an activating group) is 1. The molecule has 1 heterocycles. The van der Waals surface area contributed by atoms with Gasteiger partial charge >= 0.3 is 0 Å². The maximum Gasteiger partial charge on any atom is 0.239 e. The van der Waals surface area contributed by atoms with E-state index in [0.29, 0.717) is 12.1 Å². The maximum absolute atomic E-state index is 12.6. The molecule has 0 fully saturated rings. The van der Waals surface area contributed by atoms with E-state index in [1.165, 1.54) is 16.9 Å². The summed E-state index contributed by atoms with van der Waals surface area (Å²) in [6, 6.07) is 10.7. The lowest BCUT2D eigenvalue weighted by molar-refractivity contribution is -0.117. The van der Waals surface area contributed by atoms with Crippen molar-refractivity contribution < 1.29 is 4.79 Å². The van der Waals surface area contributed by atoms with Gasteiger partial charge in [-0.2, -0.15) is 5.26 Å². The van der Waals surface area contributed by atoms with Crippen molar-refractivity contribution in [2.75, 3.05) is 37.4 Å². The number of fused-ring (bicyclic) bond motifs is 1. The molecule has 148 valence electrons. The Hall–Kier alpha value is -2.36. The Labute approximate surface area is 171 Å². The van der Waals surface area contributed by atoms with Gasteiger partial charge in [-0.25, -0.2) is 0 Å². The predicted octanol–water partition coefficient (Wildman–Crippen LogP) is 4.03. The first-order chi connectivity index (χ1) is 13.5. The minimum atomic E-state index is -0.0538. The molecule has 0 atom stereocenters. The first-order valence-electron chi connectivity index (χ1n) is 9.85. The van der Waals surface area contributed by atoms with Crippen LogP contribution in [0.3, 0.4) is 0 Å². The molecule has 5 nitrogen and oxygen atoms in total. The summed E-state index contributed by atoms with van der Waals surface area (Å²) in [5.74, 6) is -0.0538. The molecular formula is C22H28N4OS. The number of nitrogens with zero attached hydrogens (tertiary/aromatic N) is 3. The lowest BCUT2D eigenvalue weighted by atomic mass is 9.96. The lowest BCUT2D eigenvalue weighted by Crippen LogP contribution is -2.32. The molecule has 6 heteroatoms. The summed E-state index contributed by atoms with van der Waals surface area (Å²) in [7, 11) is 4.05. The van der Waals surface area contributed by atoms with Crippen molar-refractivity contribution in [1.82, 2.24) is 4.90 Å². The van der Waals surface area contributed by atoms with Crippen LogP contribution >= 0.6 is 11.3 Å². The Morgan fingerprint density at radius 3 is 2.57 bits per heavy atom. The van der Waals surface area contributed by atoms with Crippen LogP contribution in [-0.2, 0) is 24.2 Å². The number of rotatable bonds is 7. The fraction of sp³-hybridized carbons (Fsp3) is 0.455. The Morgan fingerprint density at radius 2 is 1.93 bits per heavy atom. The van der Waals surface area contributed by atoms with E-state index in [9.17, 15) is 10.1 Å². The highest BCUT2D eigenvalue weighted by atomic mass is 32.1. The van der Waals surface area contributed by atoms with Gasteiger partial charge in [-0.15, -0.1) is 11.3 Å². The Bertz CT molecular complexity index is 864. The molecule has 1 aromatic heterocycles. The third kappa shape index (κ3) is 4.73. The van der Waals surface area contributed by atoms with E-state index in [1.807, 2.05) is 14.1 Å². The molecule has 1 amide bonds. The van der Waals surface area contributed by atoms with Crippen LogP contribution in [0.1, 0.15) is 41.3 Å².